The average Bonchev–Trinajstić information content (AvgIpc) is 2.85. The molecule has 0 radical (unpaired) electrons. The molecule has 0 saturated carbocycles. The van der Waals surface area contributed by atoms with Crippen molar-refractivity contribution in [1.29, 1.82) is 0 Å². The normalized spacial score (nSPS) is 17.9. The minimum absolute atomic E-state index is 0.0407. The zero-order valence-electron chi connectivity index (χ0n) is 18.4. The van der Waals surface area contributed by atoms with E-state index in [9.17, 15) is 14.0 Å². The highest BCUT2D eigenvalue weighted by Gasteiger charge is 2.35. The number of piperidine rings is 1. The number of para-hydroxylation sites is 1. The fraction of sp³-hybridized carbons (Fsp3) is 0.259. The standard InChI is InChI=1S/C27H28FN3O2/c28-23-14-11-21(12-15-23)25-16-13-22(26(32)29-18-17-20-7-3-1-4-8-20)19-31(25)27(33)30-24-9-5-2-6-10-24/h1-12,14-15,22,25H,13,16-19H2,(H,29,32)(H,30,33)/t22-,25+/m0/s1. The summed E-state index contributed by atoms with van der Waals surface area (Å²) in [4.78, 5) is 27.8. The highest BCUT2D eigenvalue weighted by atomic mass is 19.1. The van der Waals surface area contributed by atoms with Crippen LogP contribution in [0.2, 0.25) is 0 Å². The van der Waals surface area contributed by atoms with E-state index >= 15 is 0 Å². The lowest BCUT2D eigenvalue weighted by molar-refractivity contribution is -0.126. The third-order valence-corrected chi connectivity index (χ3v) is 6.05. The fourth-order valence-corrected chi connectivity index (χ4v) is 4.28. The Balaban J connectivity index is 1.44. The predicted octanol–water partition coefficient (Wildman–Crippen LogP) is 5.17. The van der Waals surface area contributed by atoms with Crippen LogP contribution in [-0.4, -0.2) is 29.9 Å². The number of nitrogens with zero attached hydrogens (tertiary/aromatic N) is 1. The number of hydrogen-bond donors (Lipinski definition) is 2. The van der Waals surface area contributed by atoms with Gasteiger partial charge in [-0.1, -0.05) is 60.7 Å². The highest BCUT2D eigenvalue weighted by Crippen LogP contribution is 2.34. The van der Waals surface area contributed by atoms with E-state index in [0.717, 1.165) is 12.0 Å². The Bertz CT molecular complexity index is 1060. The van der Waals surface area contributed by atoms with Gasteiger partial charge in [0.2, 0.25) is 5.91 Å². The lowest BCUT2D eigenvalue weighted by Gasteiger charge is -2.39. The van der Waals surface area contributed by atoms with Crippen LogP contribution in [0, 0.1) is 11.7 Å². The molecule has 33 heavy (non-hydrogen) atoms. The molecule has 6 heteroatoms. The first-order chi connectivity index (χ1) is 16.1. The summed E-state index contributed by atoms with van der Waals surface area (Å²) in [7, 11) is 0. The summed E-state index contributed by atoms with van der Waals surface area (Å²) in [5.74, 6) is -0.648. The van der Waals surface area contributed by atoms with Gasteiger partial charge in [-0.3, -0.25) is 4.79 Å². The van der Waals surface area contributed by atoms with E-state index < -0.39 is 0 Å². The van der Waals surface area contributed by atoms with Gasteiger partial charge in [-0.25, -0.2) is 9.18 Å². The summed E-state index contributed by atoms with van der Waals surface area (Å²) in [6.45, 7) is 0.856. The second-order valence-electron chi connectivity index (χ2n) is 8.32. The maximum Gasteiger partial charge on any atom is 0.322 e. The molecular formula is C27H28FN3O2. The van der Waals surface area contributed by atoms with Crippen LogP contribution in [0.3, 0.4) is 0 Å². The van der Waals surface area contributed by atoms with E-state index in [2.05, 4.69) is 10.6 Å². The number of anilines is 1. The summed E-state index contributed by atoms with van der Waals surface area (Å²) in [5, 5.41) is 5.95. The summed E-state index contributed by atoms with van der Waals surface area (Å²) in [6, 6.07) is 25.0. The van der Waals surface area contributed by atoms with Crippen molar-refractivity contribution in [2.24, 2.45) is 5.92 Å². The van der Waals surface area contributed by atoms with Crippen LogP contribution >= 0.6 is 0 Å². The van der Waals surface area contributed by atoms with Crippen molar-refractivity contribution in [3.8, 4) is 0 Å². The lowest BCUT2D eigenvalue weighted by atomic mass is 9.88. The number of halogens is 1. The summed E-state index contributed by atoms with van der Waals surface area (Å²) >= 11 is 0. The molecule has 1 aliphatic heterocycles. The number of likely N-dealkylation sites (tertiary alicyclic amines) is 1. The largest absolute Gasteiger partial charge is 0.355 e. The van der Waals surface area contributed by atoms with E-state index in [-0.39, 0.29) is 29.7 Å². The Morgan fingerprint density at radius 1 is 0.879 bits per heavy atom. The van der Waals surface area contributed by atoms with Gasteiger partial charge in [0.15, 0.2) is 0 Å². The van der Waals surface area contributed by atoms with Crippen LogP contribution in [-0.2, 0) is 11.2 Å². The second kappa shape index (κ2) is 10.8. The molecule has 5 nitrogen and oxygen atoms in total. The van der Waals surface area contributed by atoms with Crippen LogP contribution in [0.1, 0.15) is 30.0 Å². The molecule has 2 atom stereocenters. The Morgan fingerprint density at radius 2 is 1.55 bits per heavy atom. The number of hydrogen-bond acceptors (Lipinski definition) is 2. The van der Waals surface area contributed by atoms with Crippen molar-refractivity contribution >= 4 is 17.6 Å². The first-order valence-corrected chi connectivity index (χ1v) is 11.3. The molecular weight excluding hydrogens is 417 g/mol. The Kier molecular flexibility index (Phi) is 7.35. The zero-order chi connectivity index (χ0) is 23.0. The smallest absolute Gasteiger partial charge is 0.322 e. The van der Waals surface area contributed by atoms with Crippen molar-refractivity contribution in [3.05, 3.63) is 102 Å². The topological polar surface area (TPSA) is 61.4 Å². The molecule has 0 bridgehead atoms. The molecule has 3 aromatic rings. The van der Waals surface area contributed by atoms with Crippen molar-refractivity contribution in [1.82, 2.24) is 10.2 Å². The summed E-state index contributed by atoms with van der Waals surface area (Å²) in [5.41, 5.74) is 2.72. The van der Waals surface area contributed by atoms with Crippen molar-refractivity contribution in [2.45, 2.75) is 25.3 Å². The zero-order valence-corrected chi connectivity index (χ0v) is 18.4. The van der Waals surface area contributed by atoms with Crippen molar-refractivity contribution in [2.75, 3.05) is 18.4 Å². The number of nitrogens with one attached hydrogen (secondary N) is 2. The van der Waals surface area contributed by atoms with Gasteiger partial charge in [0, 0.05) is 18.8 Å². The number of carbonyl (C=O) groups is 2. The Hall–Kier alpha value is -3.67. The molecule has 2 N–H and O–H groups in total. The molecule has 0 spiro atoms. The van der Waals surface area contributed by atoms with Gasteiger partial charge in [-0.2, -0.15) is 0 Å². The monoisotopic (exact) mass is 445 g/mol. The minimum Gasteiger partial charge on any atom is -0.355 e. The average molecular weight is 446 g/mol. The third kappa shape index (κ3) is 5.98. The molecule has 0 unspecified atom stereocenters. The Labute approximate surface area is 193 Å². The van der Waals surface area contributed by atoms with Gasteiger partial charge < -0.3 is 15.5 Å². The van der Waals surface area contributed by atoms with Gasteiger partial charge in [-0.05, 0) is 54.7 Å². The number of amides is 3. The molecule has 1 aliphatic rings. The van der Waals surface area contributed by atoms with Gasteiger partial charge in [0.1, 0.15) is 5.82 Å². The number of urea groups is 1. The van der Waals surface area contributed by atoms with Gasteiger partial charge >= 0.3 is 6.03 Å². The molecule has 4 rings (SSSR count). The summed E-state index contributed by atoms with van der Waals surface area (Å²) in [6.07, 6.45) is 2.05. The second-order valence-corrected chi connectivity index (χ2v) is 8.32. The Morgan fingerprint density at radius 3 is 2.24 bits per heavy atom. The molecule has 1 saturated heterocycles. The number of rotatable bonds is 6. The molecule has 3 aromatic carbocycles. The van der Waals surface area contributed by atoms with E-state index in [1.807, 2.05) is 60.7 Å². The van der Waals surface area contributed by atoms with Crippen LogP contribution in [0.25, 0.3) is 0 Å². The van der Waals surface area contributed by atoms with Crippen LogP contribution in [0.5, 0.6) is 0 Å². The van der Waals surface area contributed by atoms with Gasteiger partial charge in [-0.15, -0.1) is 0 Å². The predicted molar refractivity (Wildman–Crippen MR) is 127 cm³/mol. The van der Waals surface area contributed by atoms with E-state index in [1.165, 1.54) is 17.7 Å². The maximum atomic E-state index is 13.5. The van der Waals surface area contributed by atoms with Crippen LogP contribution < -0.4 is 10.6 Å². The molecule has 3 amide bonds. The maximum absolute atomic E-state index is 13.5. The van der Waals surface area contributed by atoms with Crippen molar-refractivity contribution in [3.63, 3.8) is 0 Å². The van der Waals surface area contributed by atoms with Gasteiger partial charge in [0.05, 0.1) is 12.0 Å². The van der Waals surface area contributed by atoms with Crippen LogP contribution in [0.4, 0.5) is 14.9 Å². The van der Waals surface area contributed by atoms with Crippen LogP contribution in [0.15, 0.2) is 84.9 Å². The first kappa shape index (κ1) is 22.5. The van der Waals surface area contributed by atoms with Crippen molar-refractivity contribution < 1.29 is 14.0 Å². The summed E-state index contributed by atoms with van der Waals surface area (Å²) < 4.78 is 13.5. The molecule has 1 fully saturated rings. The molecule has 1 heterocycles. The number of benzene rings is 3. The molecule has 0 aromatic heterocycles. The van der Waals surface area contributed by atoms with Gasteiger partial charge in [0.25, 0.3) is 0 Å². The van der Waals surface area contributed by atoms with E-state index in [4.69, 9.17) is 0 Å². The minimum atomic E-state index is -0.314. The van der Waals surface area contributed by atoms with E-state index in [0.29, 0.717) is 31.6 Å². The fourth-order valence-electron chi connectivity index (χ4n) is 4.28. The number of carbonyl (C=O) groups excluding carboxylic acids is 2. The lowest BCUT2D eigenvalue weighted by Crippen LogP contribution is -2.48. The molecule has 0 aliphatic carbocycles. The first-order valence-electron chi connectivity index (χ1n) is 11.3. The third-order valence-electron chi connectivity index (χ3n) is 6.05. The van der Waals surface area contributed by atoms with E-state index in [1.54, 1.807) is 17.0 Å². The quantitative estimate of drug-likeness (QED) is 0.550. The highest BCUT2D eigenvalue weighted by molar-refractivity contribution is 5.90. The molecule has 170 valence electrons. The SMILES string of the molecule is O=C(NCCc1ccccc1)[C@H]1CC[C@H](c2ccc(F)cc2)N(C(=O)Nc2ccccc2)C1.